The number of phenolic OH excluding ortho intramolecular Hbond substituents is 2. The van der Waals surface area contributed by atoms with Crippen LogP contribution in [0.4, 0.5) is 0 Å². The number of hydrogen-bond donors (Lipinski definition) is 6. The summed E-state index contributed by atoms with van der Waals surface area (Å²) in [6, 6.07) is 2.34. The fraction of sp³-hybridized carbons (Fsp3) is 0.514. The summed E-state index contributed by atoms with van der Waals surface area (Å²) in [5.74, 6) is -6.21. The van der Waals surface area contributed by atoms with E-state index in [1.54, 1.807) is 6.92 Å². The summed E-state index contributed by atoms with van der Waals surface area (Å²) < 4.78 is 27.2. The van der Waals surface area contributed by atoms with Crippen LogP contribution in [-0.2, 0) is 35.7 Å². The number of carbonyl (C=O) groups is 4. The molecular formula is C37H42N2O15. The lowest BCUT2D eigenvalue weighted by Crippen LogP contribution is -2.73. The first-order chi connectivity index (χ1) is 25.6. The zero-order valence-corrected chi connectivity index (χ0v) is 30.4. The molecule has 1 aliphatic heterocycles. The van der Waals surface area contributed by atoms with Gasteiger partial charge in [-0.05, 0) is 37.5 Å². The third kappa shape index (κ3) is 5.36. The molecule has 17 nitrogen and oxygen atoms in total. The summed E-state index contributed by atoms with van der Waals surface area (Å²) in [6.45, 7) is 2.87. The van der Waals surface area contributed by atoms with Crippen LogP contribution >= 0.6 is 0 Å². The molecule has 1 saturated heterocycles. The Kier molecular flexibility index (Phi) is 10.4. The molecule has 0 amide bonds. The Labute approximate surface area is 308 Å². The second-order valence-electron chi connectivity index (χ2n) is 13.7. The molecule has 0 aromatic heterocycles. The summed E-state index contributed by atoms with van der Waals surface area (Å²) >= 11 is 0. The molecule has 2 aromatic rings. The quantitative estimate of drug-likeness (QED) is 0.154. The minimum atomic E-state index is -3.21. The number of methoxy groups -OCH3 is 4. The summed E-state index contributed by atoms with van der Waals surface area (Å²) in [6.07, 6.45) is -7.49. The van der Waals surface area contributed by atoms with Gasteiger partial charge in [-0.25, -0.2) is 4.79 Å². The first kappa shape index (κ1) is 39.2. The van der Waals surface area contributed by atoms with Crippen LogP contribution in [0, 0.1) is 6.92 Å². The van der Waals surface area contributed by atoms with Gasteiger partial charge in [-0.2, -0.15) is 0 Å². The third-order valence-corrected chi connectivity index (χ3v) is 10.9. The second-order valence-corrected chi connectivity index (χ2v) is 13.7. The van der Waals surface area contributed by atoms with Crippen molar-refractivity contribution in [3.05, 3.63) is 56.6 Å². The van der Waals surface area contributed by atoms with Crippen molar-refractivity contribution in [3.63, 3.8) is 0 Å². The number of benzene rings is 2. The number of aliphatic imine (C=N–C) groups is 2. The predicted octanol–water partition coefficient (Wildman–Crippen LogP) is 0.0964. The van der Waals surface area contributed by atoms with Gasteiger partial charge in [0.15, 0.2) is 17.4 Å². The Morgan fingerprint density at radius 1 is 0.963 bits per heavy atom. The molecule has 0 spiro atoms. The monoisotopic (exact) mass is 754 g/mol. The lowest BCUT2D eigenvalue weighted by molar-refractivity contribution is -0.228. The van der Waals surface area contributed by atoms with E-state index in [0.717, 1.165) is 20.3 Å². The second kappa shape index (κ2) is 14.3. The number of fused-ring (bicyclic) bond motifs is 5. The number of aromatic hydroxyl groups is 2. The lowest BCUT2D eigenvalue weighted by atomic mass is 9.56. The van der Waals surface area contributed by atoms with E-state index in [9.17, 15) is 49.8 Å². The van der Waals surface area contributed by atoms with E-state index in [2.05, 4.69) is 9.98 Å². The number of ketones is 3. The molecular weight excluding hydrogens is 712 g/mol. The van der Waals surface area contributed by atoms with E-state index >= 15 is 0 Å². The predicted molar refractivity (Wildman–Crippen MR) is 186 cm³/mol. The maximum Gasteiger partial charge on any atom is 0.341 e. The van der Waals surface area contributed by atoms with Crippen LogP contribution in [0.3, 0.4) is 0 Å². The first-order valence-corrected chi connectivity index (χ1v) is 17.1. The van der Waals surface area contributed by atoms with Gasteiger partial charge in [0.1, 0.15) is 35.4 Å². The molecule has 0 saturated carbocycles. The highest BCUT2D eigenvalue weighted by atomic mass is 16.6. The Bertz CT molecular complexity index is 2010. The van der Waals surface area contributed by atoms with Gasteiger partial charge in [0.25, 0.3) is 0 Å². The molecule has 290 valence electrons. The van der Waals surface area contributed by atoms with Crippen LogP contribution in [0.5, 0.6) is 11.5 Å². The maximum absolute atomic E-state index is 14.8. The smallest absolute Gasteiger partial charge is 0.341 e. The minimum absolute atomic E-state index is 0.0144. The number of ether oxygens (including phenoxy) is 5. The summed E-state index contributed by atoms with van der Waals surface area (Å²) in [4.78, 5) is 65.6. The van der Waals surface area contributed by atoms with Crippen molar-refractivity contribution in [1.82, 2.24) is 0 Å². The molecule has 0 radical (unpaired) electrons. The van der Waals surface area contributed by atoms with Gasteiger partial charge in [0.2, 0.25) is 17.3 Å². The van der Waals surface area contributed by atoms with Crippen LogP contribution in [0.1, 0.15) is 83.5 Å². The zero-order valence-electron chi connectivity index (χ0n) is 30.4. The SMILES string of the molecule is COC(=O)c1c(C)cc2c(c1O)[C@]1(O)C(=O)c3cc4c(c(O)c3C(=O)[C@]1(OC)[C@H](O)C2)C(=NCCCO)CC(=NC1OC(C)C(OC)C(O)C1OC)C4=O. The molecule has 17 heteroatoms. The van der Waals surface area contributed by atoms with E-state index in [1.807, 2.05) is 0 Å². The fourth-order valence-electron chi connectivity index (χ4n) is 8.34. The van der Waals surface area contributed by atoms with E-state index in [4.69, 9.17) is 23.7 Å². The summed E-state index contributed by atoms with van der Waals surface area (Å²) in [5.41, 5.74) is -8.94. The van der Waals surface area contributed by atoms with Crippen molar-refractivity contribution in [1.29, 1.82) is 0 Å². The molecule has 1 fully saturated rings. The highest BCUT2D eigenvalue weighted by Gasteiger charge is 2.72. The van der Waals surface area contributed by atoms with Gasteiger partial charge in [0.05, 0.1) is 36.3 Å². The summed E-state index contributed by atoms with van der Waals surface area (Å²) in [7, 11) is 4.72. The van der Waals surface area contributed by atoms with Crippen LogP contribution in [-0.4, -0.2) is 149 Å². The van der Waals surface area contributed by atoms with E-state index in [-0.39, 0.29) is 59.7 Å². The number of aryl methyl sites for hydroxylation is 1. The first-order valence-electron chi connectivity index (χ1n) is 17.1. The Morgan fingerprint density at radius 2 is 1.65 bits per heavy atom. The zero-order chi connectivity index (χ0) is 39.6. The molecule has 4 aliphatic rings. The van der Waals surface area contributed by atoms with Gasteiger partial charge in [0, 0.05) is 69.6 Å². The van der Waals surface area contributed by atoms with Gasteiger partial charge in [-0.3, -0.25) is 24.4 Å². The number of rotatable bonds is 8. The highest BCUT2D eigenvalue weighted by Crippen LogP contribution is 2.56. The van der Waals surface area contributed by atoms with Crippen molar-refractivity contribution in [2.24, 2.45) is 9.98 Å². The van der Waals surface area contributed by atoms with Gasteiger partial charge in [-0.15, -0.1) is 0 Å². The van der Waals surface area contributed by atoms with E-state index in [0.29, 0.717) is 0 Å². The molecule has 8 atom stereocenters. The largest absolute Gasteiger partial charge is 0.507 e. The van der Waals surface area contributed by atoms with Crippen molar-refractivity contribution in [2.75, 3.05) is 41.6 Å². The molecule has 3 aliphatic carbocycles. The molecule has 5 unspecified atom stereocenters. The van der Waals surface area contributed by atoms with Gasteiger partial charge in [-0.1, -0.05) is 6.07 Å². The normalized spacial score (nSPS) is 31.9. The lowest BCUT2D eigenvalue weighted by Gasteiger charge is -2.53. The van der Waals surface area contributed by atoms with Crippen molar-refractivity contribution in [3.8, 4) is 11.5 Å². The average molecular weight is 755 g/mol. The van der Waals surface area contributed by atoms with Gasteiger partial charge >= 0.3 is 5.97 Å². The fourth-order valence-corrected chi connectivity index (χ4v) is 8.34. The van der Waals surface area contributed by atoms with Crippen molar-refractivity contribution in [2.45, 2.75) is 81.1 Å². The standard InChI is InChI=1S/C37H42N2O15/c1-14-10-16-11-21(41)37(53-6)33(47)24-18(32(46)36(37,49)25(16)28(44)22(14)35(48)52-5)12-17-23(27(24)43)19(38-8-7-9-40)13-20(26(17)42)39-34-31(51-4)29(45)30(50-3)15(2)54-34/h10,12,15,21,29-31,34,40-41,43-45,49H,7-9,11,13H2,1-6H3/t15?,21-,29?,30?,31?,34?,36+,37-/m1/s1. The molecule has 0 bridgehead atoms. The Balaban J connectivity index is 1.59. The molecule has 2 aromatic carbocycles. The van der Waals surface area contributed by atoms with Gasteiger partial charge < -0.3 is 54.3 Å². The number of esters is 1. The third-order valence-electron chi connectivity index (χ3n) is 10.9. The molecule has 1 heterocycles. The number of phenols is 2. The number of aliphatic hydroxyl groups excluding tert-OH is 3. The van der Waals surface area contributed by atoms with Crippen LogP contribution in [0.2, 0.25) is 0 Å². The van der Waals surface area contributed by atoms with Crippen LogP contribution in [0.15, 0.2) is 22.1 Å². The van der Waals surface area contributed by atoms with Crippen molar-refractivity contribution >= 4 is 34.7 Å². The Hall–Kier alpha value is -4.46. The maximum atomic E-state index is 14.8. The number of hydrogen-bond acceptors (Lipinski definition) is 17. The molecule has 54 heavy (non-hydrogen) atoms. The van der Waals surface area contributed by atoms with E-state index in [1.165, 1.54) is 27.2 Å². The molecule has 6 rings (SSSR count). The minimum Gasteiger partial charge on any atom is -0.507 e. The summed E-state index contributed by atoms with van der Waals surface area (Å²) in [5, 5.41) is 68.0. The van der Waals surface area contributed by atoms with Crippen LogP contribution < -0.4 is 0 Å². The number of Topliss-reactive ketones (excluding diaryl/α,β-unsaturated/α-hetero) is 3. The Morgan fingerprint density at radius 3 is 2.26 bits per heavy atom. The number of nitrogens with zero attached hydrogens (tertiary/aromatic N) is 2. The topological polar surface area (TPSA) is 261 Å². The molecule has 6 N–H and O–H groups in total. The van der Waals surface area contributed by atoms with Crippen LogP contribution in [0.25, 0.3) is 0 Å². The average Bonchev–Trinajstić information content (AvgIpc) is 3.12. The highest BCUT2D eigenvalue weighted by molar-refractivity contribution is 6.54. The number of carbonyl (C=O) groups excluding carboxylic acids is 4. The number of aliphatic hydroxyl groups is 4. The van der Waals surface area contributed by atoms with E-state index < -0.39 is 111 Å². The van der Waals surface area contributed by atoms with Crippen molar-refractivity contribution < 1.29 is 73.5 Å².